The Kier molecular flexibility index (Phi) is 5.40. The number of aromatic nitrogens is 2. The Morgan fingerprint density at radius 2 is 1.88 bits per heavy atom. The van der Waals surface area contributed by atoms with Gasteiger partial charge < -0.3 is 14.0 Å². The number of halogens is 1. The molecule has 7 nitrogen and oxygen atoms in total. The first kappa shape index (κ1) is 18.2. The molecule has 0 spiro atoms. The van der Waals surface area contributed by atoms with Crippen molar-refractivity contribution in [1.29, 1.82) is 0 Å². The number of rotatable bonds is 6. The van der Waals surface area contributed by atoms with Crippen LogP contribution in [0, 0.1) is 5.82 Å². The Morgan fingerprint density at radius 3 is 2.54 bits per heavy atom. The molecule has 26 heavy (non-hydrogen) atoms. The van der Waals surface area contributed by atoms with Crippen molar-refractivity contribution < 1.29 is 22.6 Å². The number of nitrogens with one attached hydrogen (secondary N) is 1. The quantitative estimate of drug-likeness (QED) is 0.664. The Hall–Kier alpha value is -2.62. The van der Waals surface area contributed by atoms with E-state index < -0.39 is 17.1 Å². The second kappa shape index (κ2) is 7.73. The number of fused-ring (bicyclic) bond motifs is 1. The zero-order chi connectivity index (χ0) is 18.7. The summed E-state index contributed by atoms with van der Waals surface area (Å²) in [5.74, 6) is 0.505. The smallest absolute Gasteiger partial charge is 0.162 e. The van der Waals surface area contributed by atoms with E-state index in [9.17, 15) is 13.2 Å². The molecule has 1 atom stereocenters. The van der Waals surface area contributed by atoms with Crippen LogP contribution in [0.1, 0.15) is 5.56 Å². The van der Waals surface area contributed by atoms with Crippen molar-refractivity contribution in [3.05, 3.63) is 48.0 Å². The molecular weight excluding hydrogens is 361 g/mol. The van der Waals surface area contributed by atoms with E-state index in [-0.39, 0.29) is 12.1 Å². The molecule has 9 heteroatoms. The molecule has 2 aromatic carbocycles. The standard InChI is InChI=1S/C17H16FN3O4S/c1-24-15-6-12-14(7-16(15)25-2)19-9-20-17(12)10-3-4-11(13(18)5-10)8-21-26(22)23/h3-7,9,21H,8H2,1-2H3,(H,22,23)/p-1. The number of hydrogen-bond donors (Lipinski definition) is 1. The first-order chi connectivity index (χ1) is 12.5. The third-order valence-electron chi connectivity index (χ3n) is 3.85. The minimum Gasteiger partial charge on any atom is -0.760 e. The van der Waals surface area contributed by atoms with Gasteiger partial charge in [-0.3, -0.25) is 4.21 Å². The second-order valence-corrected chi connectivity index (χ2v) is 6.07. The van der Waals surface area contributed by atoms with Gasteiger partial charge >= 0.3 is 0 Å². The van der Waals surface area contributed by atoms with E-state index in [1.165, 1.54) is 32.7 Å². The van der Waals surface area contributed by atoms with Crippen LogP contribution in [0.15, 0.2) is 36.7 Å². The number of methoxy groups -OCH3 is 2. The van der Waals surface area contributed by atoms with Crippen LogP contribution in [0.3, 0.4) is 0 Å². The van der Waals surface area contributed by atoms with Crippen LogP contribution >= 0.6 is 0 Å². The molecule has 1 aromatic heterocycles. The van der Waals surface area contributed by atoms with Gasteiger partial charge in [-0.2, -0.15) is 0 Å². The van der Waals surface area contributed by atoms with Crippen molar-refractivity contribution >= 4 is 22.2 Å². The van der Waals surface area contributed by atoms with Gasteiger partial charge in [-0.1, -0.05) is 12.1 Å². The predicted octanol–water partition coefficient (Wildman–Crippen LogP) is 2.34. The summed E-state index contributed by atoms with van der Waals surface area (Å²) in [4.78, 5) is 8.49. The Labute approximate surface area is 151 Å². The normalized spacial score (nSPS) is 12.2. The maximum Gasteiger partial charge on any atom is 0.162 e. The molecule has 136 valence electrons. The van der Waals surface area contributed by atoms with Crippen LogP contribution < -0.4 is 14.2 Å². The van der Waals surface area contributed by atoms with Gasteiger partial charge in [-0.15, -0.1) is 0 Å². The Morgan fingerprint density at radius 1 is 1.15 bits per heavy atom. The van der Waals surface area contributed by atoms with Crippen molar-refractivity contribution in [3.63, 3.8) is 0 Å². The van der Waals surface area contributed by atoms with E-state index in [0.29, 0.717) is 33.7 Å². The number of ether oxygens (including phenoxy) is 2. The molecule has 0 bridgehead atoms. The molecule has 0 aliphatic rings. The van der Waals surface area contributed by atoms with Crippen molar-refractivity contribution in [2.75, 3.05) is 14.2 Å². The van der Waals surface area contributed by atoms with Crippen LogP contribution in [-0.4, -0.2) is 32.9 Å². The van der Waals surface area contributed by atoms with E-state index in [1.807, 2.05) is 0 Å². The highest BCUT2D eigenvalue weighted by Crippen LogP contribution is 2.35. The summed E-state index contributed by atoms with van der Waals surface area (Å²) in [6.07, 6.45) is 1.39. The summed E-state index contributed by atoms with van der Waals surface area (Å²) >= 11 is -2.45. The third kappa shape index (κ3) is 3.64. The summed E-state index contributed by atoms with van der Waals surface area (Å²) in [6.45, 7) is -0.127. The largest absolute Gasteiger partial charge is 0.760 e. The molecule has 0 fully saturated rings. The van der Waals surface area contributed by atoms with Crippen LogP contribution in [0.25, 0.3) is 22.2 Å². The fourth-order valence-electron chi connectivity index (χ4n) is 2.59. The van der Waals surface area contributed by atoms with Crippen molar-refractivity contribution in [2.45, 2.75) is 6.54 Å². The molecule has 1 unspecified atom stereocenters. The highest BCUT2D eigenvalue weighted by atomic mass is 32.2. The maximum absolute atomic E-state index is 14.3. The molecule has 0 aliphatic carbocycles. The van der Waals surface area contributed by atoms with Gasteiger partial charge in [0, 0.05) is 40.4 Å². The fourth-order valence-corrected chi connectivity index (χ4v) is 2.86. The SMILES string of the molecule is COc1cc2ncnc(-c3ccc(CNS(=O)[O-])c(F)c3)c2cc1OC. The van der Waals surface area contributed by atoms with Crippen LogP contribution in [0.4, 0.5) is 4.39 Å². The maximum atomic E-state index is 14.3. The summed E-state index contributed by atoms with van der Waals surface area (Å²) in [6, 6.07) is 7.95. The van der Waals surface area contributed by atoms with Crippen molar-refractivity contribution in [1.82, 2.24) is 14.7 Å². The van der Waals surface area contributed by atoms with Crippen LogP contribution in [0.5, 0.6) is 11.5 Å². The molecule has 3 aromatic rings. The van der Waals surface area contributed by atoms with Crippen LogP contribution in [-0.2, 0) is 17.8 Å². The second-order valence-electron chi connectivity index (χ2n) is 5.31. The molecule has 1 heterocycles. The molecule has 0 aliphatic heterocycles. The summed E-state index contributed by atoms with van der Waals surface area (Å²) in [5.41, 5.74) is 1.92. The average Bonchev–Trinajstić information content (AvgIpc) is 2.65. The number of benzene rings is 2. The lowest BCUT2D eigenvalue weighted by molar-refractivity contribution is 0.356. The van der Waals surface area contributed by atoms with E-state index in [0.717, 1.165) is 0 Å². The first-order valence-electron chi connectivity index (χ1n) is 7.51. The summed E-state index contributed by atoms with van der Waals surface area (Å²) in [7, 11) is 3.05. The molecule has 0 saturated carbocycles. The lowest BCUT2D eigenvalue weighted by atomic mass is 10.0. The van der Waals surface area contributed by atoms with Gasteiger partial charge in [-0.05, 0) is 12.1 Å². The molecule has 1 N–H and O–H groups in total. The average molecular weight is 376 g/mol. The molecule has 3 rings (SSSR count). The van der Waals surface area contributed by atoms with Gasteiger partial charge in [0.15, 0.2) is 11.5 Å². The molecule has 0 saturated heterocycles. The summed E-state index contributed by atoms with van der Waals surface area (Å²) < 4.78 is 48.2. The first-order valence-corrected chi connectivity index (χ1v) is 8.59. The van der Waals surface area contributed by atoms with Crippen molar-refractivity contribution in [3.8, 4) is 22.8 Å². The highest BCUT2D eigenvalue weighted by Gasteiger charge is 2.13. The lowest BCUT2D eigenvalue weighted by Gasteiger charge is -2.12. The van der Waals surface area contributed by atoms with Gasteiger partial charge in [-0.25, -0.2) is 19.1 Å². The van der Waals surface area contributed by atoms with E-state index in [1.54, 1.807) is 18.2 Å². The van der Waals surface area contributed by atoms with Crippen molar-refractivity contribution in [2.24, 2.45) is 0 Å². The third-order valence-corrected chi connectivity index (χ3v) is 4.23. The highest BCUT2D eigenvalue weighted by molar-refractivity contribution is 7.77. The minimum atomic E-state index is -2.45. The molecule has 0 amide bonds. The van der Waals surface area contributed by atoms with Crippen LogP contribution in [0.2, 0.25) is 0 Å². The van der Waals surface area contributed by atoms with E-state index in [4.69, 9.17) is 9.47 Å². The zero-order valence-corrected chi connectivity index (χ0v) is 14.8. The van der Waals surface area contributed by atoms with Gasteiger partial charge in [0.2, 0.25) is 0 Å². The number of nitrogens with zero attached hydrogens (tertiary/aromatic N) is 2. The van der Waals surface area contributed by atoms with Gasteiger partial charge in [0.1, 0.15) is 12.1 Å². The summed E-state index contributed by atoms with van der Waals surface area (Å²) in [5, 5.41) is 0.677. The van der Waals surface area contributed by atoms with Gasteiger partial charge in [0.25, 0.3) is 0 Å². The number of hydrogen-bond acceptors (Lipinski definition) is 6. The fraction of sp³-hybridized carbons (Fsp3) is 0.176. The Balaban J connectivity index is 2.07. The monoisotopic (exact) mass is 376 g/mol. The lowest BCUT2D eigenvalue weighted by Crippen LogP contribution is -2.16. The van der Waals surface area contributed by atoms with E-state index in [2.05, 4.69) is 14.7 Å². The van der Waals surface area contributed by atoms with E-state index >= 15 is 0 Å². The predicted molar refractivity (Wildman–Crippen MR) is 93.8 cm³/mol. The molecule has 0 radical (unpaired) electrons. The molecular formula is C17H15FN3O4S-. The topological polar surface area (TPSA) is 96.4 Å². The zero-order valence-electron chi connectivity index (χ0n) is 14.0. The van der Waals surface area contributed by atoms with Gasteiger partial charge in [0.05, 0.1) is 25.4 Å². The minimum absolute atomic E-state index is 0.127. The Bertz CT molecular complexity index is 984.